The van der Waals surface area contributed by atoms with E-state index in [0.717, 1.165) is 56.2 Å². The molecule has 1 saturated carbocycles. The quantitative estimate of drug-likeness (QED) is 0.263. The summed E-state index contributed by atoms with van der Waals surface area (Å²) in [5, 5.41) is 6.08. The third-order valence-corrected chi connectivity index (χ3v) is 11.2. The summed E-state index contributed by atoms with van der Waals surface area (Å²) in [6.45, 7) is 12.4. The summed E-state index contributed by atoms with van der Waals surface area (Å²) in [5.41, 5.74) is 0.858. The van der Waals surface area contributed by atoms with Crippen LogP contribution in [0.5, 0.6) is 11.6 Å². The van der Waals surface area contributed by atoms with Crippen LogP contribution in [0.4, 0.5) is 10.7 Å². The van der Waals surface area contributed by atoms with Crippen molar-refractivity contribution in [1.82, 2.24) is 30.2 Å². The second-order valence-corrected chi connectivity index (χ2v) is 16.1. The summed E-state index contributed by atoms with van der Waals surface area (Å²) in [6, 6.07) is 5.79. The first-order chi connectivity index (χ1) is 25.4. The van der Waals surface area contributed by atoms with E-state index in [-0.39, 0.29) is 30.1 Å². The van der Waals surface area contributed by atoms with Gasteiger partial charge in [0, 0.05) is 24.4 Å². The lowest BCUT2D eigenvalue weighted by molar-refractivity contribution is -0.141. The van der Waals surface area contributed by atoms with Crippen LogP contribution < -0.4 is 20.1 Å². The number of alkyl carbamates (subject to hydrolysis) is 1. The minimum Gasteiger partial charge on any atom is -0.492 e. The van der Waals surface area contributed by atoms with Gasteiger partial charge in [0.2, 0.25) is 17.7 Å². The van der Waals surface area contributed by atoms with Gasteiger partial charge in [-0.1, -0.05) is 40.5 Å². The molecule has 1 aromatic carbocycles. The van der Waals surface area contributed by atoms with Crippen LogP contribution in [0.15, 0.2) is 36.7 Å². The highest BCUT2D eigenvalue weighted by atomic mass is 16.6. The van der Waals surface area contributed by atoms with Crippen molar-refractivity contribution in [1.29, 1.82) is 0 Å². The highest BCUT2D eigenvalue weighted by Crippen LogP contribution is 2.42. The summed E-state index contributed by atoms with van der Waals surface area (Å²) < 4.78 is 19.0. The first kappa shape index (κ1) is 38.2. The molecule has 3 aliphatic rings. The number of fused-ring (bicyclic) bond motifs is 5. The number of ketones is 1. The third-order valence-electron chi connectivity index (χ3n) is 11.2. The maximum atomic E-state index is 14.5. The van der Waals surface area contributed by atoms with Crippen molar-refractivity contribution < 1.29 is 28.6 Å². The topological polar surface area (TPSA) is 158 Å². The Morgan fingerprint density at radius 2 is 1.85 bits per heavy atom. The fourth-order valence-corrected chi connectivity index (χ4v) is 8.33. The highest BCUT2D eigenvalue weighted by molar-refractivity contribution is 5.92. The number of anilines is 1. The number of hydrogen-bond donors (Lipinski definition) is 2. The Bertz CT molecular complexity index is 1770. The molecule has 0 radical (unpaired) electrons. The van der Waals surface area contributed by atoms with E-state index in [0.29, 0.717) is 49.1 Å². The van der Waals surface area contributed by atoms with Gasteiger partial charge in [0.25, 0.3) is 0 Å². The first-order valence-electron chi connectivity index (χ1n) is 19.3. The summed E-state index contributed by atoms with van der Waals surface area (Å²) in [4.78, 5) is 61.4. The van der Waals surface area contributed by atoms with Crippen molar-refractivity contribution in [2.45, 2.75) is 123 Å². The third kappa shape index (κ3) is 8.81. The van der Waals surface area contributed by atoms with Crippen LogP contribution in [0.25, 0.3) is 11.0 Å². The van der Waals surface area contributed by atoms with Gasteiger partial charge in [-0.2, -0.15) is 0 Å². The Morgan fingerprint density at radius 3 is 2.58 bits per heavy atom. The lowest BCUT2D eigenvalue weighted by atomic mass is 9.85. The molecule has 2 aliphatic heterocycles. The summed E-state index contributed by atoms with van der Waals surface area (Å²) in [5.74, 6) is 1.09. The molecular formula is C40H55N7O6. The normalized spacial score (nSPS) is 27.1. The number of hydrogen-bond acceptors (Lipinski definition) is 11. The number of rotatable bonds is 7. The van der Waals surface area contributed by atoms with Crippen molar-refractivity contribution in [3.8, 4) is 11.6 Å². The van der Waals surface area contributed by atoms with Crippen molar-refractivity contribution in [3.05, 3.63) is 42.4 Å². The first-order valence-corrected chi connectivity index (χ1v) is 19.3. The Labute approximate surface area is 312 Å². The molecule has 2 aromatic heterocycles. The van der Waals surface area contributed by atoms with Gasteiger partial charge < -0.3 is 29.7 Å². The number of carbonyl (C=O) groups excluding carboxylic acids is 3. The Kier molecular flexibility index (Phi) is 11.7. The lowest BCUT2D eigenvalue weighted by Crippen LogP contribution is -2.58. The van der Waals surface area contributed by atoms with Crippen molar-refractivity contribution >= 4 is 34.8 Å². The van der Waals surface area contributed by atoms with Gasteiger partial charge in [-0.25, -0.2) is 24.7 Å². The van der Waals surface area contributed by atoms with Crippen molar-refractivity contribution in [2.24, 2.45) is 17.3 Å². The molecule has 2 bridgehead atoms. The Hall–Kier alpha value is -4.55. The number of nitrogens with zero attached hydrogens (tertiary/aromatic N) is 5. The molecule has 0 unspecified atom stereocenters. The van der Waals surface area contributed by atoms with Crippen LogP contribution in [0.1, 0.15) is 98.6 Å². The zero-order valence-electron chi connectivity index (χ0n) is 32.0. The molecule has 13 heteroatoms. The van der Waals surface area contributed by atoms with Crippen molar-refractivity contribution in [3.63, 3.8) is 0 Å². The van der Waals surface area contributed by atoms with E-state index in [1.165, 1.54) is 6.92 Å². The summed E-state index contributed by atoms with van der Waals surface area (Å²) in [7, 11) is 0. The van der Waals surface area contributed by atoms with Gasteiger partial charge in [0.15, 0.2) is 5.78 Å². The minimum absolute atomic E-state index is 0.126. The fraction of sp³-hybridized carbons (Fsp3) is 0.625. The second-order valence-electron chi connectivity index (χ2n) is 16.1. The monoisotopic (exact) mass is 729 g/mol. The average Bonchev–Trinajstić information content (AvgIpc) is 3.67. The smallest absolute Gasteiger partial charge is 0.408 e. The zero-order valence-corrected chi connectivity index (χ0v) is 32.0. The van der Waals surface area contributed by atoms with E-state index in [1.807, 2.05) is 52.8 Å². The van der Waals surface area contributed by atoms with Crippen LogP contribution in [0.2, 0.25) is 0 Å². The van der Waals surface area contributed by atoms with Gasteiger partial charge >= 0.3 is 6.09 Å². The molecule has 4 heterocycles. The van der Waals surface area contributed by atoms with Crippen LogP contribution in [0.3, 0.4) is 0 Å². The standard InChI is InChI=1S/C40H55N7O6/c1-7-28-32-24-47(33(28)25(2)48)36(49)34(39(3,4)5)46-38(50)53-40(6)18-11-14-26(40)13-9-8-10-15-30-35(52-32)45-31-23-27(16-17-29(31)44-30)51-22-21-43-37-41-19-12-20-42-37/h12,16-17,19-20,23,26,28,32-34H,7-11,13-15,18,21-22,24H2,1-6H3,(H,46,50)(H,41,42,43)/t26-,28-,32+,33-,34-,40-/m1/s1. The number of aromatic nitrogens is 4. The van der Waals surface area contributed by atoms with Gasteiger partial charge in [-0.05, 0) is 88.3 Å². The van der Waals surface area contributed by atoms with E-state index in [4.69, 9.17) is 24.2 Å². The van der Waals surface area contributed by atoms with E-state index in [1.54, 1.807) is 23.4 Å². The molecule has 0 spiro atoms. The largest absolute Gasteiger partial charge is 0.492 e. The van der Waals surface area contributed by atoms with E-state index < -0.39 is 35.3 Å². The molecule has 6 rings (SSSR count). The molecule has 53 heavy (non-hydrogen) atoms. The van der Waals surface area contributed by atoms with E-state index in [2.05, 4.69) is 20.6 Å². The molecule has 2 N–H and O–H groups in total. The van der Waals surface area contributed by atoms with Gasteiger partial charge in [0.1, 0.15) is 35.8 Å². The average molecular weight is 730 g/mol. The number of benzene rings is 1. The van der Waals surface area contributed by atoms with Crippen molar-refractivity contribution in [2.75, 3.05) is 25.0 Å². The number of carbonyl (C=O) groups is 3. The van der Waals surface area contributed by atoms with Crippen LogP contribution in [-0.4, -0.2) is 86.1 Å². The van der Waals surface area contributed by atoms with Gasteiger partial charge in [0.05, 0.1) is 30.2 Å². The van der Waals surface area contributed by atoms with Gasteiger partial charge in [-0.15, -0.1) is 0 Å². The molecule has 1 saturated heterocycles. The van der Waals surface area contributed by atoms with E-state index >= 15 is 0 Å². The van der Waals surface area contributed by atoms with Crippen LogP contribution in [-0.2, 0) is 20.7 Å². The fourth-order valence-electron chi connectivity index (χ4n) is 8.33. The number of amides is 2. The number of aryl methyl sites for hydroxylation is 1. The molecule has 3 aromatic rings. The second kappa shape index (κ2) is 16.2. The molecule has 2 amide bonds. The lowest BCUT2D eigenvalue weighted by Gasteiger charge is -2.37. The molecule has 286 valence electrons. The van der Waals surface area contributed by atoms with Crippen LogP contribution >= 0.6 is 0 Å². The molecule has 6 atom stereocenters. The molecule has 13 nitrogen and oxygen atoms in total. The minimum atomic E-state index is -0.916. The predicted molar refractivity (Wildman–Crippen MR) is 201 cm³/mol. The van der Waals surface area contributed by atoms with Crippen LogP contribution in [0, 0.1) is 17.3 Å². The SMILES string of the molecule is CC[C@@H]1[C@@H]2CN(C(=O)[C@H](C(C)(C)C)NC(=O)O[C@]3(C)CCC[C@H]3CCCCCc3nc4ccc(OCCNc5ncccn5)cc4nc3O2)[C@@H]1C(C)=O. The Balaban J connectivity index is 1.31. The highest BCUT2D eigenvalue weighted by Gasteiger charge is 2.51. The number of Topliss-reactive ketones (excluding diaryl/α,β-unsaturated/α-hetero) is 1. The zero-order chi connectivity index (χ0) is 37.8. The summed E-state index contributed by atoms with van der Waals surface area (Å²) >= 11 is 0. The maximum Gasteiger partial charge on any atom is 0.408 e. The molecular weight excluding hydrogens is 674 g/mol. The maximum absolute atomic E-state index is 14.5. The summed E-state index contributed by atoms with van der Waals surface area (Å²) in [6.07, 6.45) is 10.1. The molecule has 1 aliphatic carbocycles. The number of ether oxygens (including phenoxy) is 3. The van der Waals surface area contributed by atoms with Gasteiger partial charge in [-0.3, -0.25) is 9.59 Å². The molecule has 2 fully saturated rings. The predicted octanol–water partition coefficient (Wildman–Crippen LogP) is 6.30. The Morgan fingerprint density at radius 1 is 1.08 bits per heavy atom. The van der Waals surface area contributed by atoms with E-state index in [9.17, 15) is 14.4 Å². The number of nitrogens with one attached hydrogen (secondary N) is 2.